The molecule has 0 saturated heterocycles. The Morgan fingerprint density at radius 1 is 1.03 bits per heavy atom. The number of rotatable bonds is 7. The number of aromatic nitrogens is 4. The summed E-state index contributed by atoms with van der Waals surface area (Å²) in [6, 6.07) is 12.6. The molecule has 0 aliphatic carbocycles. The summed E-state index contributed by atoms with van der Waals surface area (Å²) in [7, 11) is 1.50. The fraction of sp³-hybridized carbons (Fsp3) is 0.250. The molecule has 0 aliphatic heterocycles. The summed E-state index contributed by atoms with van der Waals surface area (Å²) in [6.07, 6.45) is 0. The van der Waals surface area contributed by atoms with Crippen LogP contribution in [0.5, 0.6) is 0 Å². The van der Waals surface area contributed by atoms with Crippen LogP contribution in [0, 0.1) is 13.8 Å². The highest BCUT2D eigenvalue weighted by Crippen LogP contribution is 2.17. The van der Waals surface area contributed by atoms with Crippen molar-refractivity contribution in [2.45, 2.75) is 13.8 Å². The standard InChI is InChI=1S/C20H23N7O2/c1-13-4-6-15(7-5-13)24-17-12-14(2)23-20(25-17)22-11-10-21-19(29)16-8-9-18(28)27(3)26-16/h4-9,12H,10-11H2,1-3H3,(H,21,29)(H2,22,23,24,25). The topological polar surface area (TPSA) is 114 Å². The van der Waals surface area contributed by atoms with Crippen molar-refractivity contribution in [1.29, 1.82) is 0 Å². The molecule has 29 heavy (non-hydrogen) atoms. The third kappa shape index (κ3) is 5.61. The van der Waals surface area contributed by atoms with Crippen molar-refractivity contribution in [3.05, 3.63) is 69.8 Å². The van der Waals surface area contributed by atoms with Gasteiger partial charge in [0.05, 0.1) is 0 Å². The zero-order valence-corrected chi connectivity index (χ0v) is 16.6. The highest BCUT2D eigenvalue weighted by Gasteiger charge is 2.08. The molecule has 0 fully saturated rings. The van der Waals surface area contributed by atoms with Gasteiger partial charge in [0.25, 0.3) is 11.5 Å². The Hall–Kier alpha value is -3.75. The lowest BCUT2D eigenvalue weighted by atomic mass is 10.2. The van der Waals surface area contributed by atoms with Gasteiger partial charge in [-0.2, -0.15) is 10.1 Å². The molecular formula is C20H23N7O2. The van der Waals surface area contributed by atoms with Gasteiger partial charge in [-0.3, -0.25) is 9.59 Å². The summed E-state index contributed by atoms with van der Waals surface area (Å²) in [6.45, 7) is 4.71. The molecule has 0 atom stereocenters. The number of benzene rings is 1. The molecule has 0 radical (unpaired) electrons. The molecule has 2 aromatic heterocycles. The van der Waals surface area contributed by atoms with E-state index in [1.165, 1.54) is 24.7 Å². The van der Waals surface area contributed by atoms with Gasteiger partial charge in [-0.1, -0.05) is 17.7 Å². The van der Waals surface area contributed by atoms with Crippen molar-refractivity contribution < 1.29 is 4.79 Å². The van der Waals surface area contributed by atoms with Crippen LogP contribution < -0.4 is 21.5 Å². The average molecular weight is 393 g/mol. The lowest BCUT2D eigenvalue weighted by Gasteiger charge is -2.11. The number of carbonyl (C=O) groups is 1. The minimum atomic E-state index is -0.353. The van der Waals surface area contributed by atoms with Gasteiger partial charge in [-0.15, -0.1) is 0 Å². The van der Waals surface area contributed by atoms with Gasteiger partial charge >= 0.3 is 0 Å². The van der Waals surface area contributed by atoms with E-state index in [9.17, 15) is 9.59 Å². The van der Waals surface area contributed by atoms with Crippen molar-refractivity contribution in [2.24, 2.45) is 7.05 Å². The summed E-state index contributed by atoms with van der Waals surface area (Å²) in [4.78, 5) is 32.2. The quantitative estimate of drug-likeness (QED) is 0.524. The molecular weight excluding hydrogens is 370 g/mol. The van der Waals surface area contributed by atoms with Crippen LogP contribution in [-0.4, -0.2) is 38.7 Å². The van der Waals surface area contributed by atoms with Gasteiger partial charge in [0, 0.05) is 43.7 Å². The van der Waals surface area contributed by atoms with Crippen LogP contribution in [0.1, 0.15) is 21.7 Å². The Balaban J connectivity index is 1.54. The number of hydrogen-bond donors (Lipinski definition) is 3. The largest absolute Gasteiger partial charge is 0.352 e. The van der Waals surface area contributed by atoms with E-state index in [2.05, 4.69) is 31.0 Å². The second kappa shape index (κ2) is 8.96. The molecule has 150 valence electrons. The zero-order chi connectivity index (χ0) is 20.8. The minimum Gasteiger partial charge on any atom is -0.352 e. The molecule has 0 aliphatic rings. The molecule has 9 heteroatoms. The Labute approximate surface area is 168 Å². The van der Waals surface area contributed by atoms with Gasteiger partial charge in [0.15, 0.2) is 0 Å². The predicted octanol–water partition coefficient (Wildman–Crippen LogP) is 1.77. The van der Waals surface area contributed by atoms with E-state index >= 15 is 0 Å². The van der Waals surface area contributed by atoms with Crippen LogP contribution in [0.4, 0.5) is 17.5 Å². The summed E-state index contributed by atoms with van der Waals surface area (Å²) in [5.41, 5.74) is 2.86. The van der Waals surface area contributed by atoms with Crippen molar-refractivity contribution in [3.63, 3.8) is 0 Å². The number of hydrogen-bond acceptors (Lipinski definition) is 7. The molecule has 0 saturated carbocycles. The van der Waals surface area contributed by atoms with E-state index in [0.717, 1.165) is 16.1 Å². The van der Waals surface area contributed by atoms with E-state index in [1.54, 1.807) is 0 Å². The van der Waals surface area contributed by atoms with Crippen LogP contribution in [-0.2, 0) is 7.05 Å². The lowest BCUT2D eigenvalue weighted by Crippen LogP contribution is -2.31. The number of nitrogens with zero attached hydrogens (tertiary/aromatic N) is 4. The first kappa shape index (κ1) is 20.0. The van der Waals surface area contributed by atoms with E-state index in [-0.39, 0.29) is 17.2 Å². The second-order valence-corrected chi connectivity index (χ2v) is 6.57. The first-order valence-corrected chi connectivity index (χ1v) is 9.16. The second-order valence-electron chi connectivity index (χ2n) is 6.57. The molecule has 0 bridgehead atoms. The third-order valence-electron chi connectivity index (χ3n) is 4.06. The normalized spacial score (nSPS) is 10.4. The van der Waals surface area contributed by atoms with Crippen LogP contribution >= 0.6 is 0 Å². The van der Waals surface area contributed by atoms with Crippen molar-refractivity contribution >= 4 is 23.4 Å². The van der Waals surface area contributed by atoms with Crippen LogP contribution in [0.15, 0.2) is 47.3 Å². The third-order valence-corrected chi connectivity index (χ3v) is 4.06. The molecule has 3 N–H and O–H groups in total. The van der Waals surface area contributed by atoms with Crippen LogP contribution in [0.3, 0.4) is 0 Å². The van der Waals surface area contributed by atoms with Gasteiger partial charge in [-0.25, -0.2) is 9.67 Å². The number of amides is 1. The van der Waals surface area contributed by atoms with E-state index in [4.69, 9.17) is 0 Å². The molecule has 3 rings (SSSR count). The average Bonchev–Trinajstić information content (AvgIpc) is 2.68. The van der Waals surface area contributed by atoms with Crippen molar-refractivity contribution in [1.82, 2.24) is 25.1 Å². The maximum Gasteiger partial charge on any atom is 0.271 e. The Morgan fingerprint density at radius 3 is 2.52 bits per heavy atom. The van der Waals surface area contributed by atoms with Gasteiger partial charge < -0.3 is 16.0 Å². The summed E-state index contributed by atoms with van der Waals surface area (Å²) in [5.74, 6) is 0.797. The van der Waals surface area contributed by atoms with Crippen LogP contribution in [0.25, 0.3) is 0 Å². The minimum absolute atomic E-state index is 0.184. The molecule has 1 amide bonds. The summed E-state index contributed by atoms with van der Waals surface area (Å²) in [5, 5.41) is 13.0. The van der Waals surface area contributed by atoms with E-state index in [0.29, 0.717) is 24.9 Å². The first-order chi connectivity index (χ1) is 13.9. The van der Waals surface area contributed by atoms with Crippen LogP contribution in [0.2, 0.25) is 0 Å². The first-order valence-electron chi connectivity index (χ1n) is 9.16. The maximum atomic E-state index is 12.1. The number of carbonyl (C=O) groups excluding carboxylic acids is 1. The van der Waals surface area contributed by atoms with Gasteiger partial charge in [0.2, 0.25) is 5.95 Å². The van der Waals surface area contributed by atoms with Crippen molar-refractivity contribution in [2.75, 3.05) is 23.7 Å². The molecule has 0 spiro atoms. The predicted molar refractivity (Wildman–Crippen MR) is 112 cm³/mol. The highest BCUT2D eigenvalue weighted by molar-refractivity contribution is 5.91. The molecule has 0 unspecified atom stereocenters. The smallest absolute Gasteiger partial charge is 0.271 e. The van der Waals surface area contributed by atoms with Crippen molar-refractivity contribution in [3.8, 4) is 0 Å². The Bertz CT molecular complexity index is 1060. The van der Waals surface area contributed by atoms with E-state index < -0.39 is 0 Å². The van der Waals surface area contributed by atoms with E-state index in [1.807, 2.05) is 44.2 Å². The molecule has 9 nitrogen and oxygen atoms in total. The Kier molecular flexibility index (Phi) is 6.18. The monoisotopic (exact) mass is 393 g/mol. The SMILES string of the molecule is Cc1ccc(Nc2cc(C)nc(NCCNC(=O)c3ccc(=O)n(C)n3)n2)cc1. The van der Waals surface area contributed by atoms with Gasteiger partial charge in [0.1, 0.15) is 11.5 Å². The highest BCUT2D eigenvalue weighted by atomic mass is 16.2. The lowest BCUT2D eigenvalue weighted by molar-refractivity contribution is 0.0948. The fourth-order valence-corrected chi connectivity index (χ4v) is 2.56. The summed E-state index contributed by atoms with van der Waals surface area (Å²) < 4.78 is 1.12. The maximum absolute atomic E-state index is 12.1. The molecule has 2 heterocycles. The number of anilines is 3. The van der Waals surface area contributed by atoms with Gasteiger partial charge in [-0.05, 0) is 32.0 Å². The fourth-order valence-electron chi connectivity index (χ4n) is 2.56. The number of nitrogens with one attached hydrogen (secondary N) is 3. The molecule has 3 aromatic rings. The Morgan fingerprint density at radius 2 is 1.79 bits per heavy atom. The molecule has 1 aromatic carbocycles. The zero-order valence-electron chi connectivity index (χ0n) is 16.6. The number of aryl methyl sites for hydroxylation is 3. The summed E-state index contributed by atoms with van der Waals surface area (Å²) >= 11 is 0.